The van der Waals surface area contributed by atoms with E-state index in [0.717, 1.165) is 19.3 Å². The fourth-order valence-electron chi connectivity index (χ4n) is 1.25. The van der Waals surface area contributed by atoms with Gasteiger partial charge in [0.15, 0.2) is 0 Å². The Hall–Kier alpha value is -0.880. The highest BCUT2D eigenvalue weighted by molar-refractivity contribution is 7.85. The number of carbonyl (C=O) groups excluding carboxylic acids is 1. The predicted molar refractivity (Wildman–Crippen MR) is 67.3 cm³/mol. The quantitative estimate of drug-likeness (QED) is 0.375. The number of amides is 1. The molecule has 6 heteroatoms. The lowest BCUT2D eigenvalue weighted by Crippen LogP contribution is -2.25. The maximum atomic E-state index is 11.3. The summed E-state index contributed by atoms with van der Waals surface area (Å²) in [5.41, 5.74) is 0.566. The molecule has 0 spiro atoms. The minimum atomic E-state index is -3.83. The number of unbranched alkanes of at least 4 members (excludes halogenated alkanes) is 3. The molecule has 0 heterocycles. The van der Waals surface area contributed by atoms with Gasteiger partial charge in [-0.25, -0.2) is 0 Å². The van der Waals surface area contributed by atoms with E-state index in [1.165, 1.54) is 0 Å². The highest BCUT2D eigenvalue weighted by Gasteiger charge is 2.04. The molecule has 0 atom stereocenters. The summed E-state index contributed by atoms with van der Waals surface area (Å²) in [5.74, 6) is -0.308. The number of hydrogen-bond donors (Lipinski definition) is 2. The van der Waals surface area contributed by atoms with E-state index >= 15 is 0 Å². The predicted octanol–water partition coefficient (Wildman–Crippen LogP) is 1.52. The summed E-state index contributed by atoms with van der Waals surface area (Å²) in [5, 5.41) is 2.73. The third-order valence-electron chi connectivity index (χ3n) is 2.36. The first-order valence-corrected chi connectivity index (χ1v) is 7.39. The van der Waals surface area contributed by atoms with E-state index in [4.69, 9.17) is 4.55 Å². The molecule has 5 nitrogen and oxygen atoms in total. The van der Waals surface area contributed by atoms with Gasteiger partial charge < -0.3 is 5.32 Å². The molecule has 100 valence electrons. The van der Waals surface area contributed by atoms with Crippen LogP contribution in [0.2, 0.25) is 0 Å². The molecule has 17 heavy (non-hydrogen) atoms. The van der Waals surface area contributed by atoms with Crippen LogP contribution in [0.3, 0.4) is 0 Å². The van der Waals surface area contributed by atoms with Gasteiger partial charge in [-0.3, -0.25) is 9.35 Å². The number of rotatable bonds is 9. The van der Waals surface area contributed by atoms with Crippen LogP contribution in [-0.4, -0.2) is 31.2 Å². The zero-order valence-electron chi connectivity index (χ0n) is 10.2. The first kappa shape index (κ1) is 16.1. The summed E-state index contributed by atoms with van der Waals surface area (Å²) in [6.07, 6.45) is 3.45. The third-order valence-corrected chi connectivity index (χ3v) is 3.17. The average Bonchev–Trinajstić information content (AvgIpc) is 2.24. The molecule has 1 amide bonds. The van der Waals surface area contributed by atoms with Gasteiger partial charge >= 0.3 is 0 Å². The number of nitrogens with one attached hydrogen (secondary N) is 1. The fraction of sp³-hybridized carbons (Fsp3) is 0.727. The molecule has 0 aromatic heterocycles. The second kappa shape index (κ2) is 8.25. The lowest BCUT2D eigenvalue weighted by Gasteiger charge is -2.05. The summed E-state index contributed by atoms with van der Waals surface area (Å²) in [4.78, 5) is 11.3. The summed E-state index contributed by atoms with van der Waals surface area (Å²) in [6, 6.07) is 0. The van der Waals surface area contributed by atoms with Gasteiger partial charge in [-0.1, -0.05) is 26.3 Å². The fourth-order valence-corrected chi connectivity index (χ4v) is 1.82. The van der Waals surface area contributed by atoms with Crippen molar-refractivity contribution in [1.29, 1.82) is 0 Å². The van der Waals surface area contributed by atoms with Crippen molar-refractivity contribution in [1.82, 2.24) is 5.32 Å². The molecule has 0 radical (unpaired) electrons. The van der Waals surface area contributed by atoms with Crippen LogP contribution in [-0.2, 0) is 14.9 Å². The Morgan fingerprint density at radius 1 is 1.24 bits per heavy atom. The van der Waals surface area contributed by atoms with Crippen molar-refractivity contribution in [2.75, 3.05) is 12.3 Å². The maximum absolute atomic E-state index is 11.3. The lowest BCUT2D eigenvalue weighted by molar-refractivity contribution is -0.117. The zero-order chi connectivity index (χ0) is 13.3. The molecule has 0 aliphatic rings. The minimum absolute atomic E-state index is 0.120. The summed E-state index contributed by atoms with van der Waals surface area (Å²) < 4.78 is 29.3. The highest BCUT2D eigenvalue weighted by atomic mass is 32.2. The van der Waals surface area contributed by atoms with Gasteiger partial charge in [-0.15, -0.1) is 0 Å². The van der Waals surface area contributed by atoms with Crippen LogP contribution in [0, 0.1) is 0 Å². The van der Waals surface area contributed by atoms with E-state index in [2.05, 4.69) is 11.9 Å². The summed E-state index contributed by atoms with van der Waals surface area (Å²) >= 11 is 0. The third kappa shape index (κ3) is 10.0. The van der Waals surface area contributed by atoms with Crippen LogP contribution < -0.4 is 5.32 Å². The SMILES string of the molecule is C=C(CC)C(=O)NCCCCCCS(=O)(=O)O. The second-order valence-corrected chi connectivity index (χ2v) is 5.49. The monoisotopic (exact) mass is 263 g/mol. The van der Waals surface area contributed by atoms with E-state index in [1.807, 2.05) is 6.92 Å². The minimum Gasteiger partial charge on any atom is -0.352 e. The molecule has 0 aromatic rings. The van der Waals surface area contributed by atoms with E-state index in [1.54, 1.807) is 0 Å². The topological polar surface area (TPSA) is 83.5 Å². The second-order valence-electron chi connectivity index (χ2n) is 3.91. The van der Waals surface area contributed by atoms with Gasteiger partial charge in [0.1, 0.15) is 0 Å². The van der Waals surface area contributed by atoms with Crippen LogP contribution in [0.4, 0.5) is 0 Å². The van der Waals surface area contributed by atoms with Gasteiger partial charge in [0.05, 0.1) is 5.75 Å². The highest BCUT2D eigenvalue weighted by Crippen LogP contribution is 2.02. The number of carbonyl (C=O) groups is 1. The summed E-state index contributed by atoms with van der Waals surface area (Å²) in [6.45, 7) is 6.07. The first-order chi connectivity index (χ1) is 7.87. The molecule has 0 aliphatic heterocycles. The van der Waals surface area contributed by atoms with Crippen LogP contribution in [0.25, 0.3) is 0 Å². The number of hydrogen-bond acceptors (Lipinski definition) is 3. The normalized spacial score (nSPS) is 11.2. The van der Waals surface area contributed by atoms with Crippen molar-refractivity contribution >= 4 is 16.0 Å². The zero-order valence-corrected chi connectivity index (χ0v) is 11.1. The Morgan fingerprint density at radius 2 is 1.82 bits per heavy atom. The van der Waals surface area contributed by atoms with Crippen LogP contribution >= 0.6 is 0 Å². The average molecular weight is 263 g/mol. The van der Waals surface area contributed by atoms with Gasteiger partial charge in [-0.2, -0.15) is 8.42 Å². The molecular formula is C11H21NO4S. The molecule has 0 fully saturated rings. The summed E-state index contributed by atoms with van der Waals surface area (Å²) in [7, 11) is -3.83. The van der Waals surface area contributed by atoms with Crippen molar-refractivity contribution in [2.45, 2.75) is 39.0 Å². The molecule has 0 aliphatic carbocycles. The van der Waals surface area contributed by atoms with Crippen molar-refractivity contribution < 1.29 is 17.8 Å². The van der Waals surface area contributed by atoms with Gasteiger partial charge in [0.25, 0.3) is 10.1 Å². The van der Waals surface area contributed by atoms with Crippen molar-refractivity contribution in [3.05, 3.63) is 12.2 Å². The smallest absolute Gasteiger partial charge is 0.264 e. The van der Waals surface area contributed by atoms with Gasteiger partial charge in [0.2, 0.25) is 5.91 Å². The molecule has 0 saturated heterocycles. The van der Waals surface area contributed by atoms with E-state index in [-0.39, 0.29) is 11.7 Å². The van der Waals surface area contributed by atoms with Crippen LogP contribution in [0.15, 0.2) is 12.2 Å². The Balaban J connectivity index is 3.42. The van der Waals surface area contributed by atoms with E-state index < -0.39 is 10.1 Å². The van der Waals surface area contributed by atoms with Crippen LogP contribution in [0.1, 0.15) is 39.0 Å². The van der Waals surface area contributed by atoms with E-state index in [9.17, 15) is 13.2 Å². The largest absolute Gasteiger partial charge is 0.352 e. The molecule has 0 aromatic carbocycles. The van der Waals surface area contributed by atoms with Crippen LogP contribution in [0.5, 0.6) is 0 Å². The maximum Gasteiger partial charge on any atom is 0.264 e. The first-order valence-electron chi connectivity index (χ1n) is 5.78. The molecule has 0 saturated carbocycles. The molecule has 0 bridgehead atoms. The van der Waals surface area contributed by atoms with Crippen molar-refractivity contribution in [2.24, 2.45) is 0 Å². The van der Waals surface area contributed by atoms with Gasteiger partial charge in [-0.05, 0) is 19.3 Å². The molecule has 2 N–H and O–H groups in total. The molecule has 0 unspecified atom stereocenters. The Labute approximate surface area is 103 Å². The van der Waals surface area contributed by atoms with Crippen molar-refractivity contribution in [3.63, 3.8) is 0 Å². The van der Waals surface area contributed by atoms with Crippen molar-refractivity contribution in [3.8, 4) is 0 Å². The van der Waals surface area contributed by atoms with E-state index in [0.29, 0.717) is 25.0 Å². The Kier molecular flexibility index (Phi) is 7.82. The Bertz CT molecular complexity index is 348. The Morgan fingerprint density at radius 3 is 2.35 bits per heavy atom. The van der Waals surface area contributed by atoms with Gasteiger partial charge in [0, 0.05) is 12.1 Å². The molecule has 0 rings (SSSR count). The lowest BCUT2D eigenvalue weighted by atomic mass is 10.2. The standard InChI is InChI=1S/C11H21NO4S/c1-3-10(2)11(13)12-8-6-4-5-7-9-17(14,15)16/h2-9H2,1H3,(H,12,13)(H,14,15,16). The molecular weight excluding hydrogens is 242 g/mol.